The zero-order valence-electron chi connectivity index (χ0n) is 12.9. The number of benzene rings is 3. The van der Waals surface area contributed by atoms with Gasteiger partial charge in [-0.15, -0.1) is 0 Å². The van der Waals surface area contributed by atoms with Crippen LogP contribution in [0.15, 0.2) is 72.8 Å². The zero-order valence-corrected chi connectivity index (χ0v) is 12.9. The second-order valence-corrected chi connectivity index (χ2v) is 5.38. The summed E-state index contributed by atoms with van der Waals surface area (Å²) in [5, 5.41) is 0. The smallest absolute Gasteiger partial charge is 0.163 e. The molecule has 0 atom stereocenters. The van der Waals surface area contributed by atoms with Crippen LogP contribution in [-0.4, -0.2) is 5.78 Å². The van der Waals surface area contributed by atoms with E-state index < -0.39 is 0 Å². The molecular weight excluding hydrogens is 287 g/mol. The molecule has 1 nitrogen and oxygen atoms in total. The molecule has 0 amide bonds. The molecule has 0 radical (unpaired) electrons. The molecule has 0 saturated heterocycles. The van der Waals surface area contributed by atoms with E-state index in [1.165, 1.54) is 6.07 Å². The van der Waals surface area contributed by atoms with E-state index in [0.717, 1.165) is 16.7 Å². The van der Waals surface area contributed by atoms with Gasteiger partial charge in [0.2, 0.25) is 0 Å². The Bertz CT molecular complexity index is 837. The molecule has 114 valence electrons. The third kappa shape index (κ3) is 3.07. The highest BCUT2D eigenvalue weighted by Gasteiger charge is 2.13. The predicted octanol–water partition coefficient (Wildman–Crippen LogP) is 5.75. The second kappa shape index (κ2) is 6.57. The first kappa shape index (κ1) is 15.2. The minimum absolute atomic E-state index is 0.0631. The van der Waals surface area contributed by atoms with E-state index in [-0.39, 0.29) is 11.6 Å². The van der Waals surface area contributed by atoms with Crippen LogP contribution in [0.4, 0.5) is 4.39 Å². The lowest BCUT2D eigenvalue weighted by Crippen LogP contribution is -1.99. The fourth-order valence-electron chi connectivity index (χ4n) is 2.70. The number of carbonyl (C=O) groups excluding carboxylic acids is 1. The summed E-state index contributed by atoms with van der Waals surface area (Å²) in [6.45, 7) is 1.83. The molecule has 0 bridgehead atoms. The minimum atomic E-state index is -0.285. The van der Waals surface area contributed by atoms with E-state index in [4.69, 9.17) is 0 Å². The van der Waals surface area contributed by atoms with Gasteiger partial charge in [-0.25, -0.2) is 4.39 Å². The first-order chi connectivity index (χ1) is 11.2. The summed E-state index contributed by atoms with van der Waals surface area (Å²) in [4.78, 5) is 12.1. The third-order valence-electron chi connectivity index (χ3n) is 3.91. The van der Waals surface area contributed by atoms with Gasteiger partial charge in [0.1, 0.15) is 5.82 Å². The lowest BCUT2D eigenvalue weighted by Gasteiger charge is -2.10. The van der Waals surface area contributed by atoms with Crippen molar-refractivity contribution in [3.63, 3.8) is 0 Å². The van der Waals surface area contributed by atoms with Gasteiger partial charge in [-0.1, -0.05) is 73.7 Å². The summed E-state index contributed by atoms with van der Waals surface area (Å²) in [5.74, 6) is -0.222. The standard InChI is InChI=1S/C21H17FO/c1-2-21(23)19-11-7-6-10-17(19)16-12-13-18(20(22)14-16)15-8-4-3-5-9-15/h3-14H,2H2,1H3. The topological polar surface area (TPSA) is 17.1 Å². The van der Waals surface area contributed by atoms with Crippen molar-refractivity contribution < 1.29 is 9.18 Å². The maximum Gasteiger partial charge on any atom is 0.163 e. The van der Waals surface area contributed by atoms with Gasteiger partial charge in [0.15, 0.2) is 5.78 Å². The monoisotopic (exact) mass is 304 g/mol. The van der Waals surface area contributed by atoms with Crippen LogP contribution in [-0.2, 0) is 0 Å². The molecule has 3 aromatic carbocycles. The summed E-state index contributed by atoms with van der Waals surface area (Å²) >= 11 is 0. The highest BCUT2D eigenvalue weighted by molar-refractivity contribution is 6.02. The fraction of sp³-hybridized carbons (Fsp3) is 0.0952. The van der Waals surface area contributed by atoms with Crippen LogP contribution in [0.25, 0.3) is 22.3 Å². The molecule has 0 N–H and O–H groups in total. The molecule has 0 aromatic heterocycles. The van der Waals surface area contributed by atoms with Gasteiger partial charge in [0.05, 0.1) is 0 Å². The van der Waals surface area contributed by atoms with E-state index in [1.54, 1.807) is 12.1 Å². The van der Waals surface area contributed by atoms with Crippen molar-refractivity contribution in [2.75, 3.05) is 0 Å². The van der Waals surface area contributed by atoms with Crippen molar-refractivity contribution in [2.24, 2.45) is 0 Å². The van der Waals surface area contributed by atoms with Crippen molar-refractivity contribution in [2.45, 2.75) is 13.3 Å². The highest BCUT2D eigenvalue weighted by Crippen LogP contribution is 2.30. The van der Waals surface area contributed by atoms with Crippen molar-refractivity contribution in [3.8, 4) is 22.3 Å². The summed E-state index contributed by atoms with van der Waals surface area (Å²) in [6.07, 6.45) is 0.432. The molecule has 3 rings (SSSR count). The lowest BCUT2D eigenvalue weighted by atomic mass is 9.94. The van der Waals surface area contributed by atoms with Gasteiger partial charge in [0.25, 0.3) is 0 Å². The first-order valence-corrected chi connectivity index (χ1v) is 7.68. The minimum Gasteiger partial charge on any atom is -0.294 e. The number of hydrogen-bond acceptors (Lipinski definition) is 1. The number of rotatable bonds is 4. The first-order valence-electron chi connectivity index (χ1n) is 7.68. The number of carbonyl (C=O) groups is 1. The molecule has 0 aliphatic rings. The van der Waals surface area contributed by atoms with Crippen molar-refractivity contribution in [3.05, 3.63) is 84.2 Å². The van der Waals surface area contributed by atoms with Crippen molar-refractivity contribution in [1.29, 1.82) is 0 Å². The number of hydrogen-bond donors (Lipinski definition) is 0. The van der Waals surface area contributed by atoms with E-state index >= 15 is 0 Å². The van der Waals surface area contributed by atoms with Crippen LogP contribution in [0, 0.1) is 5.82 Å². The van der Waals surface area contributed by atoms with Gasteiger partial charge >= 0.3 is 0 Å². The molecule has 0 heterocycles. The highest BCUT2D eigenvalue weighted by atomic mass is 19.1. The molecule has 0 spiro atoms. The number of ketones is 1. The van der Waals surface area contributed by atoms with Crippen LogP contribution in [0.2, 0.25) is 0 Å². The molecule has 0 aliphatic carbocycles. The average molecular weight is 304 g/mol. The summed E-state index contributed by atoms with van der Waals surface area (Å²) in [6, 6.07) is 21.9. The maximum absolute atomic E-state index is 14.6. The second-order valence-electron chi connectivity index (χ2n) is 5.38. The van der Waals surface area contributed by atoms with Crippen LogP contribution in [0.5, 0.6) is 0 Å². The molecule has 3 aromatic rings. The zero-order chi connectivity index (χ0) is 16.2. The van der Waals surface area contributed by atoms with Crippen molar-refractivity contribution in [1.82, 2.24) is 0 Å². The molecule has 23 heavy (non-hydrogen) atoms. The van der Waals surface area contributed by atoms with Gasteiger partial charge < -0.3 is 0 Å². The fourth-order valence-corrected chi connectivity index (χ4v) is 2.70. The summed E-state index contributed by atoms with van der Waals surface area (Å²) < 4.78 is 14.6. The average Bonchev–Trinajstić information content (AvgIpc) is 2.61. The maximum atomic E-state index is 14.6. The Kier molecular flexibility index (Phi) is 4.33. The molecule has 0 unspecified atom stereocenters. The largest absolute Gasteiger partial charge is 0.294 e. The molecule has 0 aliphatic heterocycles. The van der Waals surface area contributed by atoms with E-state index in [0.29, 0.717) is 17.5 Å². The molecular formula is C21H17FO. The lowest BCUT2D eigenvalue weighted by molar-refractivity contribution is 0.0989. The summed E-state index contributed by atoms with van der Waals surface area (Å²) in [5.41, 5.74) is 3.54. The Morgan fingerprint density at radius 3 is 2.22 bits per heavy atom. The van der Waals surface area contributed by atoms with Gasteiger partial charge in [0, 0.05) is 17.5 Å². The Morgan fingerprint density at radius 2 is 1.52 bits per heavy atom. The van der Waals surface area contributed by atoms with Crippen molar-refractivity contribution >= 4 is 5.78 Å². The van der Waals surface area contributed by atoms with E-state index in [2.05, 4.69) is 0 Å². The quantitative estimate of drug-likeness (QED) is 0.561. The summed E-state index contributed by atoms with van der Waals surface area (Å²) in [7, 11) is 0. The van der Waals surface area contributed by atoms with Gasteiger partial charge in [-0.2, -0.15) is 0 Å². The number of halogens is 1. The normalized spacial score (nSPS) is 10.5. The van der Waals surface area contributed by atoms with Crippen LogP contribution < -0.4 is 0 Å². The molecule has 0 fully saturated rings. The Labute approximate surface area is 135 Å². The van der Waals surface area contributed by atoms with E-state index in [9.17, 15) is 9.18 Å². The SMILES string of the molecule is CCC(=O)c1ccccc1-c1ccc(-c2ccccc2)c(F)c1. The molecule has 0 saturated carbocycles. The van der Waals surface area contributed by atoms with Gasteiger partial charge in [-0.3, -0.25) is 4.79 Å². The Hall–Kier alpha value is -2.74. The number of Topliss-reactive ketones (excluding diaryl/α,β-unsaturated/α-hetero) is 1. The molecule has 2 heteroatoms. The Morgan fingerprint density at radius 1 is 0.826 bits per heavy atom. The Balaban J connectivity index is 2.07. The van der Waals surface area contributed by atoms with Crippen LogP contribution >= 0.6 is 0 Å². The van der Waals surface area contributed by atoms with E-state index in [1.807, 2.05) is 61.5 Å². The third-order valence-corrected chi connectivity index (χ3v) is 3.91. The van der Waals surface area contributed by atoms with Gasteiger partial charge in [-0.05, 0) is 22.8 Å². The predicted molar refractivity (Wildman–Crippen MR) is 91.9 cm³/mol. The van der Waals surface area contributed by atoms with Crippen LogP contribution in [0.1, 0.15) is 23.7 Å². The van der Waals surface area contributed by atoms with Crippen LogP contribution in [0.3, 0.4) is 0 Å².